The maximum Gasteiger partial charge on any atom is 0.407 e. The highest BCUT2D eigenvalue weighted by Crippen LogP contribution is 2.10. The zero-order chi connectivity index (χ0) is 12.0. The van der Waals surface area contributed by atoms with Crippen LogP contribution in [-0.4, -0.2) is 48.9 Å². The molecule has 2 N–H and O–H groups in total. The Hall–Kier alpha value is -1.53. The zero-order valence-corrected chi connectivity index (χ0v) is 9.18. The van der Waals surface area contributed by atoms with Crippen LogP contribution in [0, 0.1) is 0 Å². The molecule has 1 unspecified atom stereocenters. The topological polar surface area (TPSA) is 71.0 Å². The molecule has 90 valence electrons. The van der Waals surface area contributed by atoms with Gasteiger partial charge in [0.15, 0.2) is 0 Å². The largest absolute Gasteiger partial charge is 0.499 e. The van der Waals surface area contributed by atoms with E-state index in [1.54, 1.807) is 6.08 Å². The van der Waals surface area contributed by atoms with Crippen molar-refractivity contribution in [2.75, 3.05) is 26.8 Å². The number of carbonyl (C=O) groups is 1. The lowest BCUT2D eigenvalue weighted by Crippen LogP contribution is -2.46. The van der Waals surface area contributed by atoms with E-state index in [9.17, 15) is 4.79 Å². The second-order valence-corrected chi connectivity index (χ2v) is 3.32. The predicted octanol–water partition coefficient (Wildman–Crippen LogP) is 0.586. The maximum atomic E-state index is 10.8. The molecule has 1 aliphatic heterocycles. The van der Waals surface area contributed by atoms with E-state index >= 15 is 0 Å². The van der Waals surface area contributed by atoms with Gasteiger partial charge in [-0.1, -0.05) is 6.08 Å². The van der Waals surface area contributed by atoms with Gasteiger partial charge >= 0.3 is 6.09 Å². The molecule has 0 aromatic rings. The molecular formula is C10H16N2O4. The average Bonchev–Trinajstić information content (AvgIpc) is 2.29. The number of nitrogens with one attached hydrogen (secondary N) is 1. The minimum absolute atomic E-state index is 0.209. The summed E-state index contributed by atoms with van der Waals surface area (Å²) in [5.74, 6) is 0.605. The third-order valence-corrected chi connectivity index (χ3v) is 2.12. The number of amides is 1. The Balaban J connectivity index is 2.55. The van der Waals surface area contributed by atoms with Crippen LogP contribution in [0.25, 0.3) is 0 Å². The van der Waals surface area contributed by atoms with Gasteiger partial charge in [0, 0.05) is 6.54 Å². The molecule has 0 spiro atoms. The van der Waals surface area contributed by atoms with Gasteiger partial charge in [0.2, 0.25) is 0 Å². The highest BCUT2D eigenvalue weighted by atomic mass is 16.6. The fourth-order valence-corrected chi connectivity index (χ4v) is 1.38. The number of hydrogen-bond donors (Lipinski definition) is 2. The van der Waals surface area contributed by atoms with Crippen molar-refractivity contribution in [3.05, 3.63) is 24.5 Å². The van der Waals surface area contributed by atoms with Gasteiger partial charge in [-0.2, -0.15) is 5.48 Å². The van der Waals surface area contributed by atoms with Crippen LogP contribution in [0.1, 0.15) is 0 Å². The zero-order valence-electron chi connectivity index (χ0n) is 9.18. The summed E-state index contributed by atoms with van der Waals surface area (Å²) in [5, 5.41) is 8.90. The molecule has 0 fully saturated rings. The number of carboxylic acid groups (broad SMARTS) is 1. The number of ether oxygens (including phenoxy) is 1. The summed E-state index contributed by atoms with van der Waals surface area (Å²) in [6.45, 7) is 4.47. The van der Waals surface area contributed by atoms with E-state index in [2.05, 4.69) is 12.1 Å². The predicted molar refractivity (Wildman–Crippen MR) is 57.8 cm³/mol. The van der Waals surface area contributed by atoms with Crippen molar-refractivity contribution in [2.24, 2.45) is 0 Å². The number of methoxy groups -OCH3 is 1. The first-order valence-electron chi connectivity index (χ1n) is 4.88. The molecule has 1 amide bonds. The Morgan fingerprint density at radius 1 is 1.88 bits per heavy atom. The highest BCUT2D eigenvalue weighted by Gasteiger charge is 2.24. The molecule has 0 aliphatic carbocycles. The fourth-order valence-electron chi connectivity index (χ4n) is 1.38. The van der Waals surface area contributed by atoms with E-state index in [0.29, 0.717) is 18.9 Å². The summed E-state index contributed by atoms with van der Waals surface area (Å²) < 4.78 is 5.05. The lowest BCUT2D eigenvalue weighted by Gasteiger charge is -2.29. The van der Waals surface area contributed by atoms with Crippen molar-refractivity contribution < 1.29 is 19.5 Å². The first-order valence-corrected chi connectivity index (χ1v) is 4.88. The number of nitrogens with zero attached hydrogens (tertiary/aromatic N) is 1. The summed E-state index contributed by atoms with van der Waals surface area (Å²) >= 11 is 0. The fraction of sp³-hybridized carbons (Fsp3) is 0.500. The first kappa shape index (κ1) is 12.5. The molecule has 0 bridgehead atoms. The molecule has 6 nitrogen and oxygen atoms in total. The molecule has 1 rings (SSSR count). The molecule has 0 saturated carbocycles. The Bertz CT molecular complexity index is 291. The van der Waals surface area contributed by atoms with Gasteiger partial charge in [0.1, 0.15) is 5.76 Å². The van der Waals surface area contributed by atoms with Crippen molar-refractivity contribution in [3.63, 3.8) is 0 Å². The molecule has 1 atom stereocenters. The summed E-state index contributed by atoms with van der Waals surface area (Å²) in [4.78, 5) is 17.2. The van der Waals surface area contributed by atoms with Crippen LogP contribution in [0.4, 0.5) is 4.79 Å². The van der Waals surface area contributed by atoms with E-state index < -0.39 is 6.09 Å². The van der Waals surface area contributed by atoms with E-state index in [1.807, 2.05) is 6.08 Å². The van der Waals surface area contributed by atoms with Crippen LogP contribution in [0.2, 0.25) is 0 Å². The first-order chi connectivity index (χ1) is 7.67. The lowest BCUT2D eigenvalue weighted by molar-refractivity contribution is 0.0309. The molecule has 0 radical (unpaired) electrons. The monoisotopic (exact) mass is 228 g/mol. The Morgan fingerprint density at radius 3 is 3.19 bits per heavy atom. The summed E-state index contributed by atoms with van der Waals surface area (Å²) in [6, 6.07) is -0.209. The quantitative estimate of drug-likeness (QED) is 0.409. The summed E-state index contributed by atoms with van der Waals surface area (Å²) in [5.41, 5.74) is 2.74. The Kier molecular flexibility index (Phi) is 4.81. The van der Waals surface area contributed by atoms with Crippen molar-refractivity contribution in [1.82, 2.24) is 10.4 Å². The SMILES string of the molecule is C=CCONC1C=C(OC)CN(C(=O)O)C1. The lowest BCUT2D eigenvalue weighted by atomic mass is 10.2. The van der Waals surface area contributed by atoms with Gasteiger partial charge in [-0.3, -0.25) is 9.74 Å². The third-order valence-electron chi connectivity index (χ3n) is 2.12. The molecule has 0 saturated heterocycles. The average molecular weight is 228 g/mol. The van der Waals surface area contributed by atoms with Gasteiger partial charge in [0.05, 0.1) is 26.3 Å². The molecule has 16 heavy (non-hydrogen) atoms. The number of hydroxylamine groups is 1. The highest BCUT2D eigenvalue weighted by molar-refractivity contribution is 5.65. The van der Waals surface area contributed by atoms with Gasteiger partial charge in [-0.25, -0.2) is 4.79 Å². The standard InChI is InChI=1S/C10H16N2O4/c1-3-4-16-11-8-5-9(15-2)7-12(6-8)10(13)14/h3,5,8,11H,1,4,6-7H2,2H3,(H,13,14). The number of hydrogen-bond acceptors (Lipinski definition) is 4. The van der Waals surface area contributed by atoms with Gasteiger partial charge in [0.25, 0.3) is 0 Å². The van der Waals surface area contributed by atoms with Crippen LogP contribution in [0.15, 0.2) is 24.5 Å². The summed E-state index contributed by atoms with van der Waals surface area (Å²) in [6.07, 6.45) is 2.44. The molecule has 0 aromatic heterocycles. The smallest absolute Gasteiger partial charge is 0.407 e. The molecular weight excluding hydrogens is 212 g/mol. The van der Waals surface area contributed by atoms with Crippen molar-refractivity contribution in [2.45, 2.75) is 6.04 Å². The van der Waals surface area contributed by atoms with Crippen LogP contribution in [0.3, 0.4) is 0 Å². The van der Waals surface area contributed by atoms with E-state index in [-0.39, 0.29) is 12.6 Å². The molecule has 6 heteroatoms. The molecule has 0 aromatic carbocycles. The normalized spacial score (nSPS) is 20.2. The van der Waals surface area contributed by atoms with E-state index in [0.717, 1.165) is 0 Å². The van der Waals surface area contributed by atoms with Crippen LogP contribution < -0.4 is 5.48 Å². The van der Waals surface area contributed by atoms with Crippen LogP contribution >= 0.6 is 0 Å². The van der Waals surface area contributed by atoms with Crippen molar-refractivity contribution in [3.8, 4) is 0 Å². The van der Waals surface area contributed by atoms with E-state index in [1.165, 1.54) is 12.0 Å². The van der Waals surface area contributed by atoms with Crippen LogP contribution in [-0.2, 0) is 9.57 Å². The minimum atomic E-state index is -0.974. The maximum absolute atomic E-state index is 10.8. The van der Waals surface area contributed by atoms with E-state index in [4.69, 9.17) is 14.7 Å². The second kappa shape index (κ2) is 6.14. The number of rotatable bonds is 5. The van der Waals surface area contributed by atoms with Crippen LogP contribution in [0.5, 0.6) is 0 Å². The van der Waals surface area contributed by atoms with Gasteiger partial charge in [-0.05, 0) is 6.08 Å². The minimum Gasteiger partial charge on any atom is -0.499 e. The molecule has 1 aliphatic rings. The molecule has 1 heterocycles. The van der Waals surface area contributed by atoms with Crippen molar-refractivity contribution in [1.29, 1.82) is 0 Å². The Morgan fingerprint density at radius 2 is 2.62 bits per heavy atom. The Labute approximate surface area is 94.1 Å². The summed E-state index contributed by atoms with van der Waals surface area (Å²) in [7, 11) is 1.51. The third kappa shape index (κ3) is 3.56. The van der Waals surface area contributed by atoms with Gasteiger partial charge < -0.3 is 9.84 Å². The van der Waals surface area contributed by atoms with Gasteiger partial charge in [-0.15, -0.1) is 6.58 Å². The second-order valence-electron chi connectivity index (χ2n) is 3.32. The van der Waals surface area contributed by atoms with Crippen molar-refractivity contribution >= 4 is 6.09 Å².